The van der Waals surface area contributed by atoms with Gasteiger partial charge in [-0.15, -0.1) is 0 Å². The van der Waals surface area contributed by atoms with Crippen molar-refractivity contribution in [2.75, 3.05) is 33.4 Å². The van der Waals surface area contributed by atoms with Gasteiger partial charge in [-0.2, -0.15) is 0 Å². The lowest BCUT2D eigenvalue weighted by molar-refractivity contribution is -0.137. The van der Waals surface area contributed by atoms with E-state index >= 15 is 0 Å². The van der Waals surface area contributed by atoms with Crippen LogP contribution in [0.25, 0.3) is 0 Å². The van der Waals surface area contributed by atoms with Crippen LogP contribution in [0.2, 0.25) is 0 Å². The normalized spacial score (nSPS) is 11.5. The summed E-state index contributed by atoms with van der Waals surface area (Å²) >= 11 is 0. The van der Waals surface area contributed by atoms with Gasteiger partial charge in [0.15, 0.2) is 0 Å². The predicted octanol–water partition coefficient (Wildman–Crippen LogP) is 1.83. The Bertz CT molecular complexity index is 284. The first-order chi connectivity index (χ1) is 8.00. The highest BCUT2D eigenvalue weighted by atomic mass is 31.2. The van der Waals surface area contributed by atoms with Gasteiger partial charge in [-0.05, 0) is 20.9 Å². The summed E-state index contributed by atoms with van der Waals surface area (Å²) in [5.41, 5.74) is 0. The molecule has 0 saturated carbocycles. The number of esters is 1. The Kier molecular flexibility index (Phi) is 8.08. The van der Waals surface area contributed by atoms with E-state index in [0.717, 1.165) is 6.08 Å². The van der Waals surface area contributed by atoms with Crippen molar-refractivity contribution in [3.05, 3.63) is 12.7 Å². The highest BCUT2D eigenvalue weighted by Crippen LogP contribution is 2.50. The lowest BCUT2D eigenvalue weighted by atomic mass is 10.6. The van der Waals surface area contributed by atoms with Crippen LogP contribution in [-0.2, 0) is 23.1 Å². The molecule has 0 saturated heterocycles. The molecule has 100 valence electrons. The molecule has 0 aliphatic carbocycles. The molecule has 0 radical (unpaired) electrons. The molecule has 7 heteroatoms. The molecule has 0 aliphatic rings. The third kappa shape index (κ3) is 5.98. The molecule has 17 heavy (non-hydrogen) atoms. The molecule has 0 amide bonds. The van der Waals surface area contributed by atoms with Crippen molar-refractivity contribution in [2.24, 2.45) is 0 Å². The minimum Gasteiger partial charge on any atom is -0.461 e. The second-order valence-corrected chi connectivity index (χ2v) is 5.19. The van der Waals surface area contributed by atoms with E-state index in [4.69, 9.17) is 13.8 Å². The minimum absolute atomic E-state index is 0.103. The number of carbonyl (C=O) groups is 1. The first kappa shape index (κ1) is 16.3. The number of hydrogen-bond donors (Lipinski definition) is 0. The number of carbonyl (C=O) groups excluding carboxylic acids is 1. The summed E-state index contributed by atoms with van der Waals surface area (Å²) in [6.07, 6.45) is 1.07. The zero-order valence-corrected chi connectivity index (χ0v) is 11.4. The van der Waals surface area contributed by atoms with Crippen molar-refractivity contribution in [1.82, 2.24) is 4.67 Å². The Labute approximate surface area is 102 Å². The van der Waals surface area contributed by atoms with Crippen molar-refractivity contribution >= 4 is 13.7 Å². The lowest BCUT2D eigenvalue weighted by Gasteiger charge is -2.25. The van der Waals surface area contributed by atoms with Gasteiger partial charge in [-0.25, -0.2) is 14.0 Å². The van der Waals surface area contributed by atoms with Crippen LogP contribution in [0, 0.1) is 0 Å². The fourth-order valence-corrected chi connectivity index (χ4v) is 2.47. The molecule has 0 bridgehead atoms. The first-order valence-electron chi connectivity index (χ1n) is 5.40. The Morgan fingerprint density at radius 1 is 1.35 bits per heavy atom. The van der Waals surface area contributed by atoms with Crippen molar-refractivity contribution in [3.63, 3.8) is 0 Å². The van der Waals surface area contributed by atoms with E-state index in [0.29, 0.717) is 0 Å². The zero-order chi connectivity index (χ0) is 13.3. The summed E-state index contributed by atoms with van der Waals surface area (Å²) in [5.74, 6) is -0.513. The summed E-state index contributed by atoms with van der Waals surface area (Å²) in [4.78, 5) is 10.8. The van der Waals surface area contributed by atoms with Crippen molar-refractivity contribution in [2.45, 2.75) is 13.8 Å². The Morgan fingerprint density at radius 2 is 1.88 bits per heavy atom. The highest BCUT2D eigenvalue weighted by molar-refractivity contribution is 7.51. The second kappa shape index (κ2) is 8.42. The number of hydrogen-bond acceptors (Lipinski definition) is 5. The summed E-state index contributed by atoms with van der Waals surface area (Å²) in [7, 11) is -1.67. The summed E-state index contributed by atoms with van der Waals surface area (Å²) in [6, 6.07) is 0. The Balaban J connectivity index is 4.23. The quantitative estimate of drug-likeness (QED) is 0.360. The van der Waals surface area contributed by atoms with Crippen LogP contribution in [0.3, 0.4) is 0 Å². The molecule has 0 aromatic rings. The molecule has 0 aliphatic heterocycles. The lowest BCUT2D eigenvalue weighted by Crippen LogP contribution is -2.24. The third-order valence-electron chi connectivity index (χ3n) is 1.83. The fraction of sp³-hybridized carbons (Fsp3) is 0.700. The maximum Gasteiger partial charge on any atom is 0.407 e. The number of ether oxygens (including phenoxy) is 1. The van der Waals surface area contributed by atoms with Gasteiger partial charge >= 0.3 is 13.7 Å². The molecule has 0 aromatic carbocycles. The van der Waals surface area contributed by atoms with E-state index < -0.39 is 13.7 Å². The van der Waals surface area contributed by atoms with Gasteiger partial charge in [-0.3, -0.25) is 9.05 Å². The molecule has 0 rings (SSSR count). The average molecular weight is 265 g/mol. The fourth-order valence-electron chi connectivity index (χ4n) is 1.02. The van der Waals surface area contributed by atoms with Gasteiger partial charge in [0.25, 0.3) is 0 Å². The van der Waals surface area contributed by atoms with Gasteiger partial charge in [0, 0.05) is 12.6 Å². The monoisotopic (exact) mass is 265 g/mol. The highest BCUT2D eigenvalue weighted by Gasteiger charge is 2.29. The molecule has 0 N–H and O–H groups in total. The number of likely N-dealkylation sites (N-methyl/N-ethyl adjacent to an activating group) is 1. The van der Waals surface area contributed by atoms with Gasteiger partial charge in [0.2, 0.25) is 0 Å². The van der Waals surface area contributed by atoms with E-state index in [1.165, 1.54) is 4.67 Å². The van der Waals surface area contributed by atoms with Gasteiger partial charge < -0.3 is 4.74 Å². The van der Waals surface area contributed by atoms with E-state index in [2.05, 4.69) is 6.58 Å². The summed E-state index contributed by atoms with van der Waals surface area (Å²) in [6.45, 7) is 7.68. The molecule has 0 spiro atoms. The SMILES string of the molecule is C=CC(=O)OCCN(C)P(=O)(OCC)OCC. The van der Waals surface area contributed by atoms with Crippen LogP contribution in [0.1, 0.15) is 13.8 Å². The summed E-state index contributed by atoms with van der Waals surface area (Å²) < 4.78 is 28.6. The van der Waals surface area contributed by atoms with Crippen molar-refractivity contribution in [1.29, 1.82) is 0 Å². The second-order valence-electron chi connectivity index (χ2n) is 3.06. The maximum absolute atomic E-state index is 12.2. The number of rotatable bonds is 9. The first-order valence-corrected chi connectivity index (χ1v) is 6.89. The van der Waals surface area contributed by atoms with E-state index in [1.807, 2.05) is 0 Å². The zero-order valence-electron chi connectivity index (χ0n) is 10.5. The maximum atomic E-state index is 12.2. The molecule has 0 aromatic heterocycles. The van der Waals surface area contributed by atoms with Crippen LogP contribution in [0.15, 0.2) is 12.7 Å². The molecular formula is C10H20NO5P. The standard InChI is InChI=1S/C10H20NO5P/c1-5-10(12)14-9-8-11(4)17(13,15-6-2)16-7-3/h5H,1,6-9H2,2-4H3. The molecule has 0 fully saturated rings. The number of nitrogens with zero attached hydrogens (tertiary/aromatic N) is 1. The van der Waals surface area contributed by atoms with E-state index in [-0.39, 0.29) is 26.4 Å². The van der Waals surface area contributed by atoms with E-state index in [9.17, 15) is 9.36 Å². The van der Waals surface area contributed by atoms with Gasteiger partial charge in [-0.1, -0.05) is 6.58 Å². The van der Waals surface area contributed by atoms with Crippen LogP contribution in [0.5, 0.6) is 0 Å². The van der Waals surface area contributed by atoms with Crippen LogP contribution in [0.4, 0.5) is 0 Å². The molecule has 0 unspecified atom stereocenters. The smallest absolute Gasteiger partial charge is 0.407 e. The molecule has 0 atom stereocenters. The topological polar surface area (TPSA) is 65.1 Å². The van der Waals surface area contributed by atoms with Crippen LogP contribution in [-0.4, -0.2) is 44.1 Å². The summed E-state index contributed by atoms with van der Waals surface area (Å²) in [5, 5.41) is 0. The Hall–Kier alpha value is -0.680. The molecule has 0 heterocycles. The van der Waals surface area contributed by atoms with Crippen molar-refractivity contribution < 1.29 is 23.1 Å². The van der Waals surface area contributed by atoms with Gasteiger partial charge in [0.05, 0.1) is 13.2 Å². The van der Waals surface area contributed by atoms with Crippen LogP contribution < -0.4 is 0 Å². The minimum atomic E-state index is -3.26. The Morgan fingerprint density at radius 3 is 2.29 bits per heavy atom. The van der Waals surface area contributed by atoms with Crippen molar-refractivity contribution in [3.8, 4) is 0 Å². The molecule has 6 nitrogen and oxygen atoms in total. The van der Waals surface area contributed by atoms with E-state index in [1.54, 1.807) is 20.9 Å². The van der Waals surface area contributed by atoms with Gasteiger partial charge in [0.1, 0.15) is 6.61 Å². The molecular weight excluding hydrogens is 245 g/mol. The average Bonchev–Trinajstić information content (AvgIpc) is 2.29. The van der Waals surface area contributed by atoms with Crippen LogP contribution >= 0.6 is 7.75 Å². The third-order valence-corrected chi connectivity index (χ3v) is 4.03. The largest absolute Gasteiger partial charge is 0.461 e. The predicted molar refractivity (Wildman–Crippen MR) is 64.6 cm³/mol.